The van der Waals surface area contributed by atoms with Gasteiger partial charge in [0.25, 0.3) is 0 Å². The topological polar surface area (TPSA) is 69.6 Å². The lowest BCUT2D eigenvalue weighted by Crippen LogP contribution is -2.53. The van der Waals surface area contributed by atoms with Crippen LogP contribution in [0.2, 0.25) is 0 Å². The summed E-state index contributed by atoms with van der Waals surface area (Å²) in [6.45, 7) is 4.44. The van der Waals surface area contributed by atoms with Gasteiger partial charge in [0, 0.05) is 12.6 Å². The second-order valence-electron chi connectivity index (χ2n) is 4.30. The number of carbonyl (C=O) groups is 2. The largest absolute Gasteiger partial charge is 0.480 e. The molecule has 5 nitrogen and oxygen atoms in total. The summed E-state index contributed by atoms with van der Waals surface area (Å²) in [4.78, 5) is 24.3. The van der Waals surface area contributed by atoms with E-state index in [2.05, 4.69) is 5.32 Å². The normalized spacial score (nSPS) is 22.6. The molecule has 0 spiro atoms. The molecule has 1 heterocycles. The average molecular weight is 228 g/mol. The van der Waals surface area contributed by atoms with Crippen molar-refractivity contribution >= 4 is 12.0 Å². The summed E-state index contributed by atoms with van der Waals surface area (Å²) >= 11 is 0. The van der Waals surface area contributed by atoms with Crippen LogP contribution in [0.25, 0.3) is 0 Å². The molecule has 1 aliphatic heterocycles. The van der Waals surface area contributed by atoms with Gasteiger partial charge < -0.3 is 15.3 Å². The first kappa shape index (κ1) is 12.8. The molecule has 0 unspecified atom stereocenters. The molecular weight excluding hydrogens is 208 g/mol. The number of hydrogen-bond acceptors (Lipinski definition) is 2. The van der Waals surface area contributed by atoms with Gasteiger partial charge in [-0.1, -0.05) is 6.92 Å². The van der Waals surface area contributed by atoms with Crippen molar-refractivity contribution in [2.75, 3.05) is 6.54 Å². The molecule has 0 aromatic rings. The Morgan fingerprint density at radius 1 is 1.50 bits per heavy atom. The maximum Gasteiger partial charge on any atom is 0.326 e. The molecule has 2 N–H and O–H groups in total. The van der Waals surface area contributed by atoms with Crippen molar-refractivity contribution < 1.29 is 14.7 Å². The number of aliphatic carboxylic acids is 1. The minimum absolute atomic E-state index is 0.0869. The first-order valence-electron chi connectivity index (χ1n) is 5.86. The van der Waals surface area contributed by atoms with Gasteiger partial charge in [0.15, 0.2) is 0 Å². The molecule has 1 saturated heterocycles. The fourth-order valence-electron chi connectivity index (χ4n) is 1.83. The molecule has 0 aromatic heterocycles. The van der Waals surface area contributed by atoms with E-state index >= 15 is 0 Å². The van der Waals surface area contributed by atoms with Crippen LogP contribution in [0.3, 0.4) is 0 Å². The summed E-state index contributed by atoms with van der Waals surface area (Å²) in [7, 11) is 0. The fraction of sp³-hybridized carbons (Fsp3) is 0.818. The predicted octanol–water partition coefficient (Wildman–Crippen LogP) is 1.43. The lowest BCUT2D eigenvalue weighted by atomic mass is 10.0. The zero-order valence-electron chi connectivity index (χ0n) is 9.90. The SMILES string of the molecule is CC[C@H](C)NC(=O)N1CCCC[C@H]1C(=O)O. The van der Waals surface area contributed by atoms with Crippen LogP contribution in [-0.4, -0.2) is 40.6 Å². The summed E-state index contributed by atoms with van der Waals surface area (Å²) in [6.07, 6.45) is 3.17. The number of piperidine rings is 1. The van der Waals surface area contributed by atoms with E-state index in [0.29, 0.717) is 13.0 Å². The van der Waals surface area contributed by atoms with Gasteiger partial charge in [0.1, 0.15) is 6.04 Å². The van der Waals surface area contributed by atoms with E-state index < -0.39 is 12.0 Å². The molecular formula is C11H20N2O3. The quantitative estimate of drug-likeness (QED) is 0.767. The Hall–Kier alpha value is -1.26. The number of carbonyl (C=O) groups excluding carboxylic acids is 1. The molecule has 2 atom stereocenters. The number of amides is 2. The van der Waals surface area contributed by atoms with Gasteiger partial charge in [-0.3, -0.25) is 0 Å². The number of urea groups is 1. The van der Waals surface area contributed by atoms with E-state index in [-0.39, 0.29) is 12.1 Å². The zero-order chi connectivity index (χ0) is 12.1. The Morgan fingerprint density at radius 3 is 2.75 bits per heavy atom. The van der Waals surface area contributed by atoms with E-state index in [1.165, 1.54) is 4.90 Å². The standard InChI is InChI=1S/C11H20N2O3/c1-3-8(2)12-11(16)13-7-5-4-6-9(13)10(14)15/h8-9H,3-7H2,1-2H3,(H,12,16)(H,14,15)/t8-,9-/m0/s1. The van der Waals surface area contributed by atoms with E-state index in [9.17, 15) is 9.59 Å². The molecule has 92 valence electrons. The predicted molar refractivity (Wildman–Crippen MR) is 60.3 cm³/mol. The van der Waals surface area contributed by atoms with Gasteiger partial charge in [-0.2, -0.15) is 0 Å². The van der Waals surface area contributed by atoms with Gasteiger partial charge in [-0.05, 0) is 32.6 Å². The van der Waals surface area contributed by atoms with Crippen LogP contribution < -0.4 is 5.32 Å². The first-order chi connectivity index (χ1) is 7.56. The third-order valence-corrected chi connectivity index (χ3v) is 3.03. The van der Waals surface area contributed by atoms with Gasteiger partial charge in [0.2, 0.25) is 0 Å². The van der Waals surface area contributed by atoms with Gasteiger partial charge in [-0.25, -0.2) is 9.59 Å². The maximum atomic E-state index is 11.8. The zero-order valence-corrected chi connectivity index (χ0v) is 9.90. The lowest BCUT2D eigenvalue weighted by molar-refractivity contribution is -0.143. The van der Waals surface area contributed by atoms with Crippen molar-refractivity contribution in [1.82, 2.24) is 10.2 Å². The highest BCUT2D eigenvalue weighted by atomic mass is 16.4. The van der Waals surface area contributed by atoms with E-state index in [4.69, 9.17) is 5.11 Å². The second kappa shape index (κ2) is 5.72. The van der Waals surface area contributed by atoms with Crippen molar-refractivity contribution in [2.45, 2.75) is 51.6 Å². The third-order valence-electron chi connectivity index (χ3n) is 3.03. The highest BCUT2D eigenvalue weighted by Gasteiger charge is 2.32. The Labute approximate surface area is 95.8 Å². The maximum absolute atomic E-state index is 11.8. The van der Waals surface area contributed by atoms with Crippen molar-refractivity contribution in [2.24, 2.45) is 0 Å². The van der Waals surface area contributed by atoms with Crippen LogP contribution in [0.5, 0.6) is 0 Å². The molecule has 1 fully saturated rings. The van der Waals surface area contributed by atoms with E-state index in [1.54, 1.807) is 0 Å². The number of carboxylic acids is 1. The first-order valence-corrected chi connectivity index (χ1v) is 5.86. The Balaban J connectivity index is 2.60. The summed E-state index contributed by atoms with van der Waals surface area (Å²) in [5.41, 5.74) is 0. The van der Waals surface area contributed by atoms with Gasteiger partial charge in [0.05, 0.1) is 0 Å². The summed E-state index contributed by atoms with van der Waals surface area (Å²) in [5, 5.41) is 11.8. The Kier molecular flexibility index (Phi) is 4.58. The number of likely N-dealkylation sites (tertiary alicyclic amines) is 1. The van der Waals surface area contributed by atoms with Crippen molar-refractivity contribution in [3.05, 3.63) is 0 Å². The summed E-state index contributed by atoms with van der Waals surface area (Å²) in [5.74, 6) is -0.904. The van der Waals surface area contributed by atoms with E-state index in [0.717, 1.165) is 19.3 Å². The molecule has 2 amide bonds. The number of carboxylic acid groups (broad SMARTS) is 1. The molecule has 1 aliphatic rings. The number of hydrogen-bond donors (Lipinski definition) is 2. The molecule has 16 heavy (non-hydrogen) atoms. The Morgan fingerprint density at radius 2 is 2.19 bits per heavy atom. The second-order valence-corrected chi connectivity index (χ2v) is 4.30. The molecule has 0 aromatic carbocycles. The third kappa shape index (κ3) is 3.12. The van der Waals surface area contributed by atoms with Crippen LogP contribution in [0.15, 0.2) is 0 Å². The van der Waals surface area contributed by atoms with Crippen LogP contribution in [0.4, 0.5) is 4.79 Å². The van der Waals surface area contributed by atoms with Crippen molar-refractivity contribution in [3.63, 3.8) is 0 Å². The fourth-order valence-corrected chi connectivity index (χ4v) is 1.83. The van der Waals surface area contributed by atoms with Crippen molar-refractivity contribution in [1.29, 1.82) is 0 Å². The Bertz CT molecular complexity index is 268. The minimum Gasteiger partial charge on any atom is -0.480 e. The number of rotatable bonds is 3. The van der Waals surface area contributed by atoms with Crippen molar-refractivity contribution in [3.8, 4) is 0 Å². The highest BCUT2D eigenvalue weighted by Crippen LogP contribution is 2.17. The van der Waals surface area contributed by atoms with Gasteiger partial charge >= 0.3 is 12.0 Å². The minimum atomic E-state index is -0.904. The monoisotopic (exact) mass is 228 g/mol. The molecule has 0 aliphatic carbocycles. The molecule has 0 radical (unpaired) electrons. The van der Waals surface area contributed by atoms with Gasteiger partial charge in [-0.15, -0.1) is 0 Å². The molecule has 0 saturated carbocycles. The highest BCUT2D eigenvalue weighted by molar-refractivity contribution is 5.83. The molecule has 5 heteroatoms. The number of nitrogens with zero attached hydrogens (tertiary/aromatic N) is 1. The molecule has 0 bridgehead atoms. The average Bonchev–Trinajstić information content (AvgIpc) is 2.28. The van der Waals surface area contributed by atoms with Crippen LogP contribution in [0, 0.1) is 0 Å². The number of nitrogens with one attached hydrogen (secondary N) is 1. The summed E-state index contributed by atoms with van der Waals surface area (Å²) < 4.78 is 0. The van der Waals surface area contributed by atoms with E-state index in [1.807, 2.05) is 13.8 Å². The van der Waals surface area contributed by atoms with Crippen LogP contribution in [0.1, 0.15) is 39.5 Å². The smallest absolute Gasteiger partial charge is 0.326 e. The van der Waals surface area contributed by atoms with Crippen LogP contribution in [-0.2, 0) is 4.79 Å². The summed E-state index contributed by atoms with van der Waals surface area (Å²) in [6, 6.07) is -0.817. The molecule has 1 rings (SSSR count). The lowest BCUT2D eigenvalue weighted by Gasteiger charge is -2.33. The van der Waals surface area contributed by atoms with Crippen LogP contribution >= 0.6 is 0 Å².